The van der Waals surface area contributed by atoms with Crippen LogP contribution in [0, 0.1) is 6.92 Å². The number of nitrogens with one attached hydrogen (secondary N) is 1. The standard InChI is InChI=1S/C22H29N3O4/c1-5-16-19(22(27)28-4)15(3)20(23-16)21(26)25-13-11-24(12-14-25)17-9-7-8-10-18(17)29-6-2/h7-10,23H,5-6,11-14H2,1-4H3. The number of hydrogen-bond donors (Lipinski definition) is 1. The molecule has 1 aromatic heterocycles. The van der Waals surface area contributed by atoms with E-state index in [-0.39, 0.29) is 5.91 Å². The molecule has 3 rings (SSSR count). The third-order valence-electron chi connectivity index (χ3n) is 5.36. The Morgan fingerprint density at radius 2 is 1.79 bits per heavy atom. The number of anilines is 1. The Morgan fingerprint density at radius 1 is 1.10 bits per heavy atom. The summed E-state index contributed by atoms with van der Waals surface area (Å²) in [6.07, 6.45) is 0.626. The van der Waals surface area contributed by atoms with Gasteiger partial charge in [-0.15, -0.1) is 0 Å². The van der Waals surface area contributed by atoms with Gasteiger partial charge in [0.05, 0.1) is 25.0 Å². The van der Waals surface area contributed by atoms with Gasteiger partial charge in [-0.2, -0.15) is 0 Å². The number of amides is 1. The Morgan fingerprint density at radius 3 is 2.41 bits per heavy atom. The molecular formula is C22H29N3O4. The minimum atomic E-state index is -0.410. The first-order valence-electron chi connectivity index (χ1n) is 10.1. The Kier molecular flexibility index (Phi) is 6.46. The smallest absolute Gasteiger partial charge is 0.339 e. The highest BCUT2D eigenvalue weighted by atomic mass is 16.5. The van der Waals surface area contributed by atoms with Crippen molar-refractivity contribution in [3.05, 3.63) is 46.8 Å². The minimum Gasteiger partial charge on any atom is -0.492 e. The lowest BCUT2D eigenvalue weighted by atomic mass is 10.1. The first-order valence-corrected chi connectivity index (χ1v) is 10.1. The van der Waals surface area contributed by atoms with Crippen molar-refractivity contribution in [1.29, 1.82) is 0 Å². The van der Waals surface area contributed by atoms with E-state index in [0.29, 0.717) is 42.9 Å². The highest BCUT2D eigenvalue weighted by Crippen LogP contribution is 2.29. The second kappa shape index (κ2) is 9.03. The first kappa shape index (κ1) is 20.8. The molecule has 0 spiro atoms. The van der Waals surface area contributed by atoms with E-state index in [0.717, 1.165) is 30.2 Å². The monoisotopic (exact) mass is 399 g/mol. The minimum absolute atomic E-state index is 0.0786. The second-order valence-electron chi connectivity index (χ2n) is 7.00. The van der Waals surface area contributed by atoms with Gasteiger partial charge in [-0.05, 0) is 38.0 Å². The normalized spacial score (nSPS) is 14.1. The number of piperazine rings is 1. The molecule has 0 unspecified atom stereocenters. The fraction of sp³-hybridized carbons (Fsp3) is 0.455. The van der Waals surface area contributed by atoms with Gasteiger partial charge in [0.15, 0.2) is 0 Å². The molecule has 1 amide bonds. The van der Waals surface area contributed by atoms with Crippen LogP contribution >= 0.6 is 0 Å². The van der Waals surface area contributed by atoms with Crippen LogP contribution in [0.2, 0.25) is 0 Å². The van der Waals surface area contributed by atoms with Crippen LogP contribution < -0.4 is 9.64 Å². The van der Waals surface area contributed by atoms with Gasteiger partial charge in [-0.3, -0.25) is 4.79 Å². The summed E-state index contributed by atoms with van der Waals surface area (Å²) in [5.41, 5.74) is 3.40. The number of aromatic amines is 1. The molecule has 1 N–H and O–H groups in total. The van der Waals surface area contributed by atoms with Crippen molar-refractivity contribution in [2.24, 2.45) is 0 Å². The van der Waals surface area contributed by atoms with Crippen LogP contribution in [0.5, 0.6) is 5.75 Å². The Hall–Kier alpha value is -2.96. The number of benzene rings is 1. The zero-order chi connectivity index (χ0) is 21.0. The summed E-state index contributed by atoms with van der Waals surface area (Å²) in [7, 11) is 1.36. The van der Waals surface area contributed by atoms with E-state index in [2.05, 4.69) is 9.88 Å². The molecular weight excluding hydrogens is 370 g/mol. The van der Waals surface area contributed by atoms with Crippen molar-refractivity contribution in [2.45, 2.75) is 27.2 Å². The largest absolute Gasteiger partial charge is 0.492 e. The fourth-order valence-corrected chi connectivity index (χ4v) is 3.82. The predicted octanol–water partition coefficient (Wildman–Crippen LogP) is 3.03. The van der Waals surface area contributed by atoms with Gasteiger partial charge in [0.1, 0.15) is 11.4 Å². The molecule has 1 saturated heterocycles. The molecule has 1 aliphatic heterocycles. The van der Waals surface area contributed by atoms with E-state index in [4.69, 9.17) is 9.47 Å². The van der Waals surface area contributed by atoms with Gasteiger partial charge in [0, 0.05) is 31.9 Å². The number of esters is 1. The average Bonchev–Trinajstić information content (AvgIpc) is 3.09. The maximum Gasteiger partial charge on any atom is 0.339 e. The lowest BCUT2D eigenvalue weighted by Crippen LogP contribution is -2.49. The molecule has 1 aromatic carbocycles. The SMILES string of the molecule is CCOc1ccccc1N1CCN(C(=O)c2[nH]c(CC)c(C(=O)OC)c2C)CC1. The molecule has 0 bridgehead atoms. The molecule has 0 radical (unpaired) electrons. The number of carbonyl (C=O) groups excluding carboxylic acids is 2. The van der Waals surface area contributed by atoms with Crippen LogP contribution in [0.1, 0.15) is 46.0 Å². The van der Waals surface area contributed by atoms with E-state index >= 15 is 0 Å². The van der Waals surface area contributed by atoms with Crippen LogP contribution in [0.3, 0.4) is 0 Å². The number of methoxy groups -OCH3 is 1. The Labute approximate surface area is 171 Å². The number of carbonyl (C=O) groups is 2. The van der Waals surface area contributed by atoms with Crippen LogP contribution in [-0.2, 0) is 11.2 Å². The van der Waals surface area contributed by atoms with Crippen molar-refractivity contribution in [3.63, 3.8) is 0 Å². The predicted molar refractivity (Wildman–Crippen MR) is 112 cm³/mol. The van der Waals surface area contributed by atoms with Crippen LogP contribution in [0.25, 0.3) is 0 Å². The summed E-state index contributed by atoms with van der Waals surface area (Å²) in [5, 5.41) is 0. The molecule has 29 heavy (non-hydrogen) atoms. The lowest BCUT2D eigenvalue weighted by molar-refractivity contribution is 0.0599. The molecule has 2 aromatic rings. The maximum absolute atomic E-state index is 13.1. The van der Waals surface area contributed by atoms with Gasteiger partial charge < -0.3 is 24.3 Å². The van der Waals surface area contributed by atoms with E-state index in [1.165, 1.54) is 7.11 Å². The Bertz CT molecular complexity index is 882. The van der Waals surface area contributed by atoms with Crippen molar-refractivity contribution >= 4 is 17.6 Å². The summed E-state index contributed by atoms with van der Waals surface area (Å²) >= 11 is 0. The summed E-state index contributed by atoms with van der Waals surface area (Å²) in [6, 6.07) is 7.98. The van der Waals surface area contributed by atoms with E-state index in [9.17, 15) is 9.59 Å². The van der Waals surface area contributed by atoms with Crippen LogP contribution in [0.15, 0.2) is 24.3 Å². The quantitative estimate of drug-likeness (QED) is 0.756. The third-order valence-corrected chi connectivity index (χ3v) is 5.36. The van der Waals surface area contributed by atoms with E-state index in [1.807, 2.05) is 43.0 Å². The zero-order valence-corrected chi connectivity index (χ0v) is 17.6. The van der Waals surface area contributed by atoms with Crippen LogP contribution in [-0.4, -0.2) is 61.7 Å². The highest BCUT2D eigenvalue weighted by Gasteiger charge is 2.29. The van der Waals surface area contributed by atoms with Gasteiger partial charge in [-0.25, -0.2) is 4.79 Å². The second-order valence-corrected chi connectivity index (χ2v) is 7.00. The number of H-pyrrole nitrogens is 1. The van der Waals surface area contributed by atoms with E-state index < -0.39 is 5.97 Å². The average molecular weight is 399 g/mol. The number of aromatic nitrogens is 1. The summed E-state index contributed by atoms with van der Waals surface area (Å²) in [4.78, 5) is 32.5. The van der Waals surface area contributed by atoms with Gasteiger partial charge in [-0.1, -0.05) is 19.1 Å². The number of rotatable bonds is 6. The third kappa shape index (κ3) is 4.09. The van der Waals surface area contributed by atoms with E-state index in [1.54, 1.807) is 6.92 Å². The van der Waals surface area contributed by atoms with Gasteiger partial charge in [0.25, 0.3) is 5.91 Å². The Balaban J connectivity index is 1.74. The first-order chi connectivity index (χ1) is 14.0. The van der Waals surface area contributed by atoms with Gasteiger partial charge in [0.2, 0.25) is 0 Å². The molecule has 7 heteroatoms. The fourth-order valence-electron chi connectivity index (χ4n) is 3.82. The summed E-state index contributed by atoms with van der Waals surface area (Å²) in [5.74, 6) is 0.377. The zero-order valence-electron chi connectivity index (χ0n) is 17.6. The molecule has 1 fully saturated rings. The van der Waals surface area contributed by atoms with Crippen molar-refractivity contribution < 1.29 is 19.1 Å². The lowest BCUT2D eigenvalue weighted by Gasteiger charge is -2.36. The maximum atomic E-state index is 13.1. The molecule has 2 heterocycles. The number of ether oxygens (including phenoxy) is 2. The van der Waals surface area contributed by atoms with Crippen LogP contribution in [0.4, 0.5) is 5.69 Å². The highest BCUT2D eigenvalue weighted by molar-refractivity contribution is 6.00. The summed E-state index contributed by atoms with van der Waals surface area (Å²) in [6.45, 7) is 8.98. The summed E-state index contributed by atoms with van der Waals surface area (Å²) < 4.78 is 10.6. The topological polar surface area (TPSA) is 74.9 Å². The van der Waals surface area contributed by atoms with Crippen molar-refractivity contribution in [1.82, 2.24) is 9.88 Å². The number of nitrogens with zero attached hydrogens (tertiary/aromatic N) is 2. The number of hydrogen-bond acceptors (Lipinski definition) is 5. The van der Waals surface area contributed by atoms with Crippen molar-refractivity contribution in [2.75, 3.05) is 44.8 Å². The molecule has 0 saturated carbocycles. The molecule has 7 nitrogen and oxygen atoms in total. The molecule has 1 aliphatic rings. The van der Waals surface area contributed by atoms with Crippen molar-refractivity contribution in [3.8, 4) is 5.75 Å². The number of aryl methyl sites for hydroxylation is 1. The molecule has 156 valence electrons. The number of para-hydroxylation sites is 2. The van der Waals surface area contributed by atoms with Gasteiger partial charge >= 0.3 is 5.97 Å². The molecule has 0 aliphatic carbocycles. The molecule has 0 atom stereocenters.